The van der Waals surface area contributed by atoms with Crippen LogP contribution < -0.4 is 4.74 Å². The lowest BCUT2D eigenvalue weighted by Gasteiger charge is -2.16. The molecule has 0 aromatic heterocycles. The van der Waals surface area contributed by atoms with Crippen molar-refractivity contribution in [1.29, 1.82) is 0 Å². The number of ether oxygens (including phenoxy) is 2. The van der Waals surface area contributed by atoms with Crippen molar-refractivity contribution >= 4 is 11.9 Å². The third-order valence-electron chi connectivity index (χ3n) is 3.28. The summed E-state index contributed by atoms with van der Waals surface area (Å²) in [7, 11) is 2.96. The van der Waals surface area contributed by atoms with E-state index in [0.717, 1.165) is 11.3 Å². The van der Waals surface area contributed by atoms with Crippen molar-refractivity contribution in [3.63, 3.8) is 0 Å². The summed E-state index contributed by atoms with van der Waals surface area (Å²) in [5.41, 5.74) is 1.01. The summed E-state index contributed by atoms with van der Waals surface area (Å²) in [6, 6.07) is 7.54. The van der Waals surface area contributed by atoms with Crippen LogP contribution in [0.5, 0.6) is 5.75 Å². The molecule has 1 heterocycles. The number of amides is 1. The van der Waals surface area contributed by atoms with E-state index in [2.05, 4.69) is 4.74 Å². The van der Waals surface area contributed by atoms with Gasteiger partial charge in [-0.15, -0.1) is 0 Å². The zero-order valence-electron chi connectivity index (χ0n) is 15.1. The molecule has 1 aliphatic rings. The summed E-state index contributed by atoms with van der Waals surface area (Å²) in [5.74, 6) is 0.122. The molecule has 1 unspecified atom stereocenters. The fourth-order valence-corrected chi connectivity index (χ4v) is 2.20. The van der Waals surface area contributed by atoms with E-state index in [-0.39, 0.29) is 24.2 Å². The number of rotatable bonds is 4. The Bertz CT molecular complexity index is 470. The van der Waals surface area contributed by atoms with E-state index < -0.39 is 0 Å². The zero-order valence-corrected chi connectivity index (χ0v) is 15.1. The average molecular weight is 323 g/mol. The number of hydrogen-bond acceptors (Lipinski definition) is 4. The molecule has 1 fully saturated rings. The average Bonchev–Trinajstić information content (AvgIpc) is 2.99. The summed E-state index contributed by atoms with van der Waals surface area (Å²) in [5, 5.41) is 0. The van der Waals surface area contributed by atoms with E-state index >= 15 is 0 Å². The molecule has 0 saturated carbocycles. The molecule has 1 saturated heterocycles. The van der Waals surface area contributed by atoms with Gasteiger partial charge in [0.25, 0.3) is 0 Å². The molecule has 0 bridgehead atoms. The lowest BCUT2D eigenvalue weighted by Crippen LogP contribution is -2.26. The maximum atomic E-state index is 11.8. The van der Waals surface area contributed by atoms with Crippen molar-refractivity contribution in [2.24, 2.45) is 5.92 Å². The van der Waals surface area contributed by atoms with E-state index in [1.54, 1.807) is 12.0 Å². The molecule has 0 N–H and O–H groups in total. The van der Waals surface area contributed by atoms with Crippen molar-refractivity contribution in [2.75, 3.05) is 20.8 Å². The van der Waals surface area contributed by atoms with Crippen molar-refractivity contribution in [1.82, 2.24) is 4.90 Å². The summed E-state index contributed by atoms with van der Waals surface area (Å²) >= 11 is 0. The van der Waals surface area contributed by atoms with Crippen LogP contribution >= 0.6 is 0 Å². The van der Waals surface area contributed by atoms with E-state index in [9.17, 15) is 9.59 Å². The topological polar surface area (TPSA) is 55.8 Å². The van der Waals surface area contributed by atoms with Crippen LogP contribution in [-0.2, 0) is 20.9 Å². The number of carbonyl (C=O) groups is 2. The van der Waals surface area contributed by atoms with Gasteiger partial charge < -0.3 is 14.4 Å². The Balaban J connectivity index is 0.00000112. The Morgan fingerprint density at radius 1 is 1.13 bits per heavy atom. The van der Waals surface area contributed by atoms with Gasteiger partial charge in [0.2, 0.25) is 5.91 Å². The van der Waals surface area contributed by atoms with Gasteiger partial charge in [0.05, 0.1) is 20.1 Å². The zero-order chi connectivity index (χ0) is 17.8. The van der Waals surface area contributed by atoms with Gasteiger partial charge in [-0.2, -0.15) is 0 Å². The lowest BCUT2D eigenvalue weighted by molar-refractivity contribution is -0.145. The van der Waals surface area contributed by atoms with Crippen LogP contribution in [0.4, 0.5) is 0 Å². The number of nitrogens with zero attached hydrogens (tertiary/aromatic N) is 1. The quantitative estimate of drug-likeness (QED) is 0.798. The van der Waals surface area contributed by atoms with Crippen molar-refractivity contribution in [2.45, 2.75) is 40.7 Å². The minimum Gasteiger partial charge on any atom is -0.497 e. The highest BCUT2D eigenvalue weighted by atomic mass is 16.5. The summed E-state index contributed by atoms with van der Waals surface area (Å²) in [6.45, 7) is 8.94. The van der Waals surface area contributed by atoms with Crippen LogP contribution in [0.1, 0.15) is 39.7 Å². The fraction of sp³-hybridized carbons (Fsp3) is 0.556. The van der Waals surface area contributed by atoms with Gasteiger partial charge in [-0.3, -0.25) is 9.59 Å². The minimum absolute atomic E-state index is 0.00813. The first-order valence-corrected chi connectivity index (χ1v) is 8.12. The van der Waals surface area contributed by atoms with Crippen LogP contribution in [0.15, 0.2) is 24.3 Å². The van der Waals surface area contributed by atoms with Gasteiger partial charge in [0.15, 0.2) is 0 Å². The molecule has 0 radical (unpaired) electrons. The van der Waals surface area contributed by atoms with E-state index in [0.29, 0.717) is 13.1 Å². The van der Waals surface area contributed by atoms with Crippen LogP contribution in [0, 0.1) is 5.92 Å². The van der Waals surface area contributed by atoms with Gasteiger partial charge in [0.1, 0.15) is 5.75 Å². The maximum absolute atomic E-state index is 11.8. The Morgan fingerprint density at radius 2 is 1.70 bits per heavy atom. The van der Waals surface area contributed by atoms with E-state index in [1.807, 2.05) is 52.0 Å². The molecule has 0 spiro atoms. The van der Waals surface area contributed by atoms with Crippen molar-refractivity contribution in [3.05, 3.63) is 29.8 Å². The second-order valence-electron chi connectivity index (χ2n) is 4.55. The Morgan fingerprint density at radius 3 is 2.17 bits per heavy atom. The van der Waals surface area contributed by atoms with Gasteiger partial charge in [-0.25, -0.2) is 0 Å². The molecule has 23 heavy (non-hydrogen) atoms. The Kier molecular flexibility index (Phi) is 10.5. The molecule has 130 valence electrons. The Hall–Kier alpha value is -2.04. The second-order valence-corrected chi connectivity index (χ2v) is 4.55. The highest BCUT2D eigenvalue weighted by Crippen LogP contribution is 2.22. The van der Waals surface area contributed by atoms with E-state index in [4.69, 9.17) is 4.74 Å². The van der Waals surface area contributed by atoms with Gasteiger partial charge in [-0.05, 0) is 17.7 Å². The monoisotopic (exact) mass is 323 g/mol. The summed E-state index contributed by atoms with van der Waals surface area (Å²) in [6.07, 6.45) is 0.239. The molecule has 1 aromatic carbocycles. The molecule has 1 aliphatic heterocycles. The summed E-state index contributed by atoms with van der Waals surface area (Å²) < 4.78 is 9.76. The van der Waals surface area contributed by atoms with Crippen LogP contribution in [-0.4, -0.2) is 37.5 Å². The fourth-order valence-electron chi connectivity index (χ4n) is 2.20. The molecule has 0 aliphatic carbocycles. The number of hydrogen-bond donors (Lipinski definition) is 0. The number of likely N-dealkylation sites (tertiary alicyclic amines) is 1. The Labute approximate surface area is 139 Å². The summed E-state index contributed by atoms with van der Waals surface area (Å²) in [4.78, 5) is 24.9. The third-order valence-corrected chi connectivity index (χ3v) is 3.28. The van der Waals surface area contributed by atoms with Gasteiger partial charge in [-0.1, -0.05) is 39.8 Å². The molecule has 5 nitrogen and oxygen atoms in total. The first-order chi connectivity index (χ1) is 11.1. The van der Waals surface area contributed by atoms with Crippen LogP contribution in [0.25, 0.3) is 0 Å². The van der Waals surface area contributed by atoms with Crippen LogP contribution in [0.2, 0.25) is 0 Å². The van der Waals surface area contributed by atoms with Crippen molar-refractivity contribution in [3.8, 4) is 5.75 Å². The largest absolute Gasteiger partial charge is 0.497 e. The maximum Gasteiger partial charge on any atom is 0.310 e. The second kappa shape index (κ2) is 11.5. The molecule has 2 rings (SSSR count). The smallest absolute Gasteiger partial charge is 0.310 e. The number of benzene rings is 1. The SMILES string of the molecule is CC.CC.COC(=O)C1CC(=O)N(Cc2ccc(OC)cc2)C1. The predicted molar refractivity (Wildman–Crippen MR) is 91.2 cm³/mol. The first-order valence-electron chi connectivity index (χ1n) is 8.12. The normalized spacial score (nSPS) is 15.8. The number of carbonyl (C=O) groups excluding carboxylic acids is 2. The number of esters is 1. The van der Waals surface area contributed by atoms with Gasteiger partial charge in [0, 0.05) is 19.5 Å². The first kappa shape index (κ1) is 21.0. The lowest BCUT2D eigenvalue weighted by atomic mass is 10.1. The molecular weight excluding hydrogens is 294 g/mol. The molecule has 1 aromatic rings. The molecule has 1 atom stereocenters. The number of methoxy groups -OCH3 is 2. The van der Waals surface area contributed by atoms with Gasteiger partial charge >= 0.3 is 5.97 Å². The minimum atomic E-state index is -0.337. The van der Waals surface area contributed by atoms with Crippen molar-refractivity contribution < 1.29 is 19.1 Å². The molecular formula is C18H29NO4. The molecule has 5 heteroatoms. The van der Waals surface area contributed by atoms with Crippen LogP contribution in [0.3, 0.4) is 0 Å². The molecule has 1 amide bonds. The highest BCUT2D eigenvalue weighted by molar-refractivity contribution is 5.86. The third kappa shape index (κ3) is 6.30. The highest BCUT2D eigenvalue weighted by Gasteiger charge is 2.34. The predicted octanol–water partition coefficient (Wildman–Crippen LogP) is 3.27. The standard InChI is InChI=1S/C14H17NO4.2C2H6/c1-18-12-5-3-10(4-6-12)8-15-9-11(7-13(15)16)14(17)19-2;2*1-2/h3-6,11H,7-9H2,1-2H3;2*1-2H3. The van der Waals surface area contributed by atoms with E-state index in [1.165, 1.54) is 7.11 Å².